The van der Waals surface area contributed by atoms with E-state index in [0.717, 1.165) is 6.26 Å². The normalized spacial score (nSPS) is 10.9. The Kier molecular flexibility index (Phi) is 4.11. The molecule has 0 spiro atoms. The molecule has 1 aromatic carbocycles. The van der Waals surface area contributed by atoms with E-state index >= 15 is 0 Å². The summed E-state index contributed by atoms with van der Waals surface area (Å²) in [6.45, 7) is 0. The molecule has 0 unspecified atom stereocenters. The number of fused-ring (bicyclic) bond motifs is 1. The number of phenols is 2. The van der Waals surface area contributed by atoms with Gasteiger partial charge in [0.05, 0.1) is 6.07 Å². The zero-order valence-electron chi connectivity index (χ0n) is 8.57. The van der Waals surface area contributed by atoms with E-state index < -0.39 is 10.2 Å². The smallest absolute Gasteiger partial charge is 0.367 e. The third-order valence-corrected chi connectivity index (χ3v) is 1.70. The van der Waals surface area contributed by atoms with Gasteiger partial charge in [0.15, 0.2) is 0 Å². The number of phenolic OH excluding ortho intramolecular Hbond substituents is 2. The molecule has 0 amide bonds. The second kappa shape index (κ2) is 5.21. The van der Waals surface area contributed by atoms with Gasteiger partial charge in [0.1, 0.15) is 16.9 Å². The summed E-state index contributed by atoms with van der Waals surface area (Å²) in [6.07, 6.45) is 1.13. The van der Waals surface area contributed by atoms with E-state index in [1.54, 1.807) is 0 Å². The fourth-order valence-electron chi connectivity index (χ4n) is 1.15. The Morgan fingerprint density at radius 2 is 1.44 bits per heavy atom. The standard InChI is InChI=1S/C9H6O4.ClHO4/c10-5-2-8(12)7-1-6(11)4-13-9(7)3-5;2-1(3,4)5/h1-4H,(H2-,10,11,12);(H,2,3,4,5). The minimum Gasteiger partial charge on any atom is -0.507 e. The van der Waals surface area contributed by atoms with Gasteiger partial charge < -0.3 is 15.3 Å². The van der Waals surface area contributed by atoms with Gasteiger partial charge in [-0.05, 0) is 0 Å². The molecule has 0 aliphatic rings. The summed E-state index contributed by atoms with van der Waals surface area (Å²) in [7, 11) is -4.94. The Labute approximate surface area is 102 Å². The quantitative estimate of drug-likeness (QED) is 0.431. The summed E-state index contributed by atoms with van der Waals surface area (Å²) in [4.78, 5) is 0. The maximum atomic E-state index is 9.35. The van der Waals surface area contributed by atoms with Crippen molar-refractivity contribution in [2.24, 2.45) is 0 Å². The van der Waals surface area contributed by atoms with Gasteiger partial charge in [0, 0.05) is 12.1 Å². The van der Waals surface area contributed by atoms with E-state index in [2.05, 4.69) is 0 Å². The summed E-state index contributed by atoms with van der Waals surface area (Å²) >= 11 is 0. The van der Waals surface area contributed by atoms with Crippen molar-refractivity contribution in [1.29, 1.82) is 0 Å². The lowest BCUT2D eigenvalue weighted by molar-refractivity contribution is -2.00. The van der Waals surface area contributed by atoms with Crippen LogP contribution in [0.5, 0.6) is 17.2 Å². The van der Waals surface area contributed by atoms with Crippen LogP contribution in [0.25, 0.3) is 11.0 Å². The number of benzene rings is 1. The number of hydrogen-bond donors (Lipinski definition) is 3. The van der Waals surface area contributed by atoms with Gasteiger partial charge in [-0.2, -0.15) is 0 Å². The average Bonchev–Trinajstić information content (AvgIpc) is 2.16. The monoisotopic (exact) mass is 278 g/mol. The van der Waals surface area contributed by atoms with E-state index in [0.29, 0.717) is 11.0 Å². The molecular weight excluding hydrogens is 272 g/mol. The Hall–Kier alpha value is -1.84. The zero-order valence-corrected chi connectivity index (χ0v) is 9.33. The van der Waals surface area contributed by atoms with Gasteiger partial charge in [-0.3, -0.25) is 0 Å². The number of rotatable bonds is 0. The summed E-state index contributed by atoms with van der Waals surface area (Å²) in [5.74, 6) is -0.289. The summed E-state index contributed by atoms with van der Waals surface area (Å²) < 4.78 is 38.9. The van der Waals surface area contributed by atoms with Crippen LogP contribution in [0.4, 0.5) is 0 Å². The average molecular weight is 279 g/mol. The van der Waals surface area contributed by atoms with Crippen LogP contribution < -0.4 is 18.6 Å². The van der Waals surface area contributed by atoms with E-state index in [1.165, 1.54) is 18.2 Å². The molecule has 0 saturated carbocycles. The molecule has 3 N–H and O–H groups in total. The molecule has 0 aliphatic carbocycles. The van der Waals surface area contributed by atoms with Crippen LogP contribution in [0.15, 0.2) is 28.9 Å². The van der Waals surface area contributed by atoms with Crippen LogP contribution in [0.3, 0.4) is 0 Å². The van der Waals surface area contributed by atoms with Gasteiger partial charge in [-0.1, -0.05) is 0 Å². The number of hydrogen-bond acceptors (Lipinski definition) is 7. The Bertz CT molecular complexity index is 544. The van der Waals surface area contributed by atoms with Crippen LogP contribution in [0.2, 0.25) is 0 Å². The molecule has 1 heterocycles. The molecule has 18 heavy (non-hydrogen) atoms. The van der Waals surface area contributed by atoms with Crippen LogP contribution in [0.1, 0.15) is 0 Å². The SMILES string of the molecule is Oc1cc(O)c2cc(O)c[o+]c2c1.[O-][Cl+3]([O-])([O-])[O-]. The minimum atomic E-state index is -4.94. The molecule has 1 aromatic heterocycles. The summed E-state index contributed by atoms with van der Waals surface area (Å²) in [5.41, 5.74) is 0.315. The Balaban J connectivity index is 0.000000280. The second-order valence-corrected chi connectivity index (χ2v) is 3.82. The van der Waals surface area contributed by atoms with Crippen molar-refractivity contribution in [3.8, 4) is 17.2 Å². The maximum absolute atomic E-state index is 9.35. The first-order chi connectivity index (χ1) is 8.16. The summed E-state index contributed by atoms with van der Waals surface area (Å²) in [6, 6.07) is 3.89. The van der Waals surface area contributed by atoms with Crippen molar-refractivity contribution in [3.63, 3.8) is 0 Å². The molecule has 0 aliphatic heterocycles. The predicted octanol–water partition coefficient (Wildman–Crippen LogP) is -2.93. The molecule has 0 saturated heterocycles. The molecule has 0 radical (unpaired) electrons. The topological polar surface area (TPSA) is 164 Å². The van der Waals surface area contributed by atoms with Gasteiger partial charge in [0.25, 0.3) is 0 Å². The molecule has 0 bridgehead atoms. The van der Waals surface area contributed by atoms with Crippen molar-refractivity contribution >= 4 is 11.0 Å². The van der Waals surface area contributed by atoms with Crippen molar-refractivity contribution in [2.75, 3.05) is 0 Å². The van der Waals surface area contributed by atoms with Gasteiger partial charge in [-0.25, -0.2) is 23.1 Å². The first-order valence-electron chi connectivity index (χ1n) is 4.25. The molecular formula is C9H7ClO8. The zero-order chi connectivity index (χ0) is 13.9. The van der Waals surface area contributed by atoms with Crippen molar-refractivity contribution in [2.45, 2.75) is 0 Å². The highest BCUT2D eigenvalue weighted by molar-refractivity contribution is 5.85. The van der Waals surface area contributed by atoms with Crippen molar-refractivity contribution in [1.82, 2.24) is 0 Å². The minimum absolute atomic E-state index is 0.0755. The van der Waals surface area contributed by atoms with Crippen molar-refractivity contribution in [3.05, 3.63) is 24.5 Å². The predicted molar refractivity (Wildman–Crippen MR) is 45.6 cm³/mol. The number of halogens is 1. The maximum Gasteiger partial charge on any atom is 0.367 e. The lowest BCUT2D eigenvalue weighted by Gasteiger charge is -2.17. The van der Waals surface area contributed by atoms with Crippen LogP contribution in [0, 0.1) is 10.2 Å². The molecule has 0 atom stereocenters. The van der Waals surface area contributed by atoms with E-state index in [9.17, 15) is 5.11 Å². The second-order valence-electron chi connectivity index (χ2n) is 3.06. The summed E-state index contributed by atoms with van der Waals surface area (Å²) in [5, 5.41) is 27.9. The molecule has 2 rings (SSSR count). The molecule has 8 nitrogen and oxygen atoms in total. The van der Waals surface area contributed by atoms with Crippen molar-refractivity contribution < 1.29 is 48.6 Å². The van der Waals surface area contributed by atoms with Gasteiger partial charge >= 0.3 is 11.8 Å². The lowest BCUT2D eigenvalue weighted by Crippen LogP contribution is -2.68. The van der Waals surface area contributed by atoms with Gasteiger partial charge in [0.2, 0.25) is 5.75 Å². The largest absolute Gasteiger partial charge is 0.507 e. The molecule has 98 valence electrons. The van der Waals surface area contributed by atoms with Crippen LogP contribution >= 0.6 is 0 Å². The highest BCUT2D eigenvalue weighted by Gasteiger charge is 2.13. The fourth-order valence-corrected chi connectivity index (χ4v) is 1.15. The van der Waals surface area contributed by atoms with E-state index in [4.69, 9.17) is 33.3 Å². The van der Waals surface area contributed by atoms with Gasteiger partial charge in [-0.15, -0.1) is 10.2 Å². The molecule has 9 heteroatoms. The third-order valence-electron chi connectivity index (χ3n) is 1.70. The lowest BCUT2D eigenvalue weighted by atomic mass is 10.2. The van der Waals surface area contributed by atoms with E-state index in [1.807, 2.05) is 0 Å². The van der Waals surface area contributed by atoms with Crippen LogP contribution in [-0.4, -0.2) is 15.3 Å². The third kappa shape index (κ3) is 4.57. The highest BCUT2D eigenvalue weighted by Crippen LogP contribution is 2.31. The molecule has 0 fully saturated rings. The van der Waals surface area contributed by atoms with E-state index in [-0.39, 0.29) is 17.2 Å². The first kappa shape index (κ1) is 14.2. The van der Waals surface area contributed by atoms with Crippen LogP contribution in [-0.2, 0) is 0 Å². The fraction of sp³-hybridized carbons (Fsp3) is 0. The number of aromatic hydroxyl groups is 3. The molecule has 2 aromatic rings. The Morgan fingerprint density at radius 1 is 0.889 bits per heavy atom. The first-order valence-corrected chi connectivity index (χ1v) is 5.48. The highest BCUT2D eigenvalue weighted by atomic mass is 35.7. The Morgan fingerprint density at radius 3 is 2.00 bits per heavy atom.